The van der Waals surface area contributed by atoms with Crippen LogP contribution < -0.4 is 19.7 Å². The van der Waals surface area contributed by atoms with Crippen LogP contribution in [-0.2, 0) is 16.2 Å². The standard InChI is InChI=1S/C28H24ClIN2O5/c1-4-36-24-14-18(13-23(30)25(24)37-15-19-7-5-6-8-22(19)29)12-21-26(33)31-28(35)32(27(21)34)20-10-9-16(2)17(3)11-20/h5-14H,4,15H2,1-3H3,(H,31,33,35)/b21-12+. The lowest BCUT2D eigenvalue weighted by Gasteiger charge is -2.27. The first-order valence-electron chi connectivity index (χ1n) is 11.5. The van der Waals surface area contributed by atoms with E-state index >= 15 is 0 Å². The molecule has 0 atom stereocenters. The van der Waals surface area contributed by atoms with Gasteiger partial charge in [-0.05, 0) is 96.5 Å². The lowest BCUT2D eigenvalue weighted by atomic mass is 10.0. The highest BCUT2D eigenvalue weighted by molar-refractivity contribution is 14.1. The van der Waals surface area contributed by atoms with Gasteiger partial charge in [0.05, 0.1) is 15.9 Å². The predicted molar refractivity (Wildman–Crippen MR) is 151 cm³/mol. The van der Waals surface area contributed by atoms with Crippen LogP contribution in [0.3, 0.4) is 0 Å². The lowest BCUT2D eigenvalue weighted by molar-refractivity contribution is -0.122. The van der Waals surface area contributed by atoms with Gasteiger partial charge in [0.1, 0.15) is 12.2 Å². The van der Waals surface area contributed by atoms with Gasteiger partial charge >= 0.3 is 6.03 Å². The van der Waals surface area contributed by atoms with Crippen molar-refractivity contribution >= 4 is 63.8 Å². The summed E-state index contributed by atoms with van der Waals surface area (Å²) in [7, 11) is 0. The third kappa shape index (κ3) is 5.80. The molecule has 1 aliphatic heterocycles. The Kier molecular flexibility index (Phi) is 8.19. The second-order valence-corrected chi connectivity index (χ2v) is 9.94. The Bertz CT molecular complexity index is 1440. The number of aryl methyl sites for hydroxylation is 2. The van der Waals surface area contributed by atoms with E-state index in [1.54, 1.807) is 30.3 Å². The maximum absolute atomic E-state index is 13.3. The van der Waals surface area contributed by atoms with Crippen LogP contribution in [0.5, 0.6) is 11.5 Å². The number of amides is 4. The summed E-state index contributed by atoms with van der Waals surface area (Å²) < 4.78 is 12.6. The molecule has 0 radical (unpaired) electrons. The molecular weight excluding hydrogens is 607 g/mol. The summed E-state index contributed by atoms with van der Waals surface area (Å²) in [6, 6.07) is 15.3. The van der Waals surface area contributed by atoms with Crippen molar-refractivity contribution in [2.24, 2.45) is 0 Å². The number of anilines is 1. The van der Waals surface area contributed by atoms with Gasteiger partial charge in [0, 0.05) is 10.6 Å². The average molecular weight is 631 g/mol. The number of hydrogen-bond donors (Lipinski definition) is 1. The van der Waals surface area contributed by atoms with Crippen LogP contribution in [0.25, 0.3) is 6.08 Å². The summed E-state index contributed by atoms with van der Waals surface area (Å²) in [5, 5.41) is 2.86. The molecule has 0 aromatic heterocycles. The highest BCUT2D eigenvalue weighted by atomic mass is 127. The fourth-order valence-electron chi connectivity index (χ4n) is 3.76. The molecule has 0 unspecified atom stereocenters. The van der Waals surface area contributed by atoms with Gasteiger partial charge in [0.15, 0.2) is 11.5 Å². The van der Waals surface area contributed by atoms with Crippen LogP contribution in [-0.4, -0.2) is 24.5 Å². The Labute approximate surface area is 233 Å². The van der Waals surface area contributed by atoms with E-state index < -0.39 is 17.8 Å². The number of halogens is 2. The highest BCUT2D eigenvalue weighted by Crippen LogP contribution is 2.36. The minimum absolute atomic E-state index is 0.166. The first kappa shape index (κ1) is 26.7. The van der Waals surface area contributed by atoms with Gasteiger partial charge in [-0.3, -0.25) is 14.9 Å². The largest absolute Gasteiger partial charge is 0.490 e. The van der Waals surface area contributed by atoms with Crippen LogP contribution in [0.4, 0.5) is 10.5 Å². The number of nitrogens with one attached hydrogen (secondary N) is 1. The minimum Gasteiger partial charge on any atom is -0.490 e. The van der Waals surface area contributed by atoms with E-state index in [9.17, 15) is 14.4 Å². The number of imide groups is 2. The molecule has 190 valence electrons. The second-order valence-electron chi connectivity index (χ2n) is 8.37. The molecule has 0 saturated carbocycles. The van der Waals surface area contributed by atoms with E-state index in [1.807, 2.05) is 45.0 Å². The average Bonchev–Trinajstić information content (AvgIpc) is 2.84. The molecule has 4 amide bonds. The molecule has 1 heterocycles. The van der Waals surface area contributed by atoms with Gasteiger partial charge in [-0.2, -0.15) is 0 Å². The Morgan fingerprint density at radius 2 is 1.76 bits per heavy atom. The summed E-state index contributed by atoms with van der Waals surface area (Å²) in [6.07, 6.45) is 1.45. The van der Waals surface area contributed by atoms with Gasteiger partial charge in [-0.25, -0.2) is 9.69 Å². The van der Waals surface area contributed by atoms with E-state index in [4.69, 9.17) is 21.1 Å². The first-order valence-corrected chi connectivity index (χ1v) is 13.0. The molecule has 0 spiro atoms. The van der Waals surface area contributed by atoms with Crippen molar-refractivity contribution in [2.75, 3.05) is 11.5 Å². The monoisotopic (exact) mass is 630 g/mol. The van der Waals surface area contributed by atoms with E-state index in [2.05, 4.69) is 27.9 Å². The molecule has 1 N–H and O–H groups in total. The molecule has 37 heavy (non-hydrogen) atoms. The maximum Gasteiger partial charge on any atom is 0.335 e. The molecule has 9 heteroatoms. The van der Waals surface area contributed by atoms with Crippen molar-refractivity contribution in [3.05, 3.63) is 91.0 Å². The van der Waals surface area contributed by atoms with Crippen molar-refractivity contribution in [3.8, 4) is 11.5 Å². The summed E-state index contributed by atoms with van der Waals surface area (Å²) in [5.74, 6) is -0.485. The lowest BCUT2D eigenvalue weighted by Crippen LogP contribution is -2.54. The number of hydrogen-bond acceptors (Lipinski definition) is 5. The molecule has 3 aromatic rings. The predicted octanol–water partition coefficient (Wildman–Crippen LogP) is 6.21. The first-order chi connectivity index (χ1) is 17.7. The number of rotatable bonds is 7. The molecule has 1 saturated heterocycles. The number of benzene rings is 3. The van der Waals surface area contributed by atoms with E-state index in [1.165, 1.54) is 6.08 Å². The molecule has 0 bridgehead atoms. The summed E-state index contributed by atoms with van der Waals surface area (Å²) in [5.41, 5.74) is 3.54. The van der Waals surface area contributed by atoms with Crippen molar-refractivity contribution in [3.63, 3.8) is 0 Å². The van der Waals surface area contributed by atoms with Crippen LogP contribution in [0.2, 0.25) is 5.02 Å². The second kappa shape index (κ2) is 11.4. The van der Waals surface area contributed by atoms with Crippen LogP contribution in [0.15, 0.2) is 60.2 Å². The van der Waals surface area contributed by atoms with E-state index in [0.717, 1.165) is 21.6 Å². The quantitative estimate of drug-likeness (QED) is 0.191. The Morgan fingerprint density at radius 1 is 1.00 bits per heavy atom. The number of carbonyl (C=O) groups is 3. The smallest absolute Gasteiger partial charge is 0.335 e. The Hall–Kier alpha value is -3.37. The van der Waals surface area contributed by atoms with Gasteiger partial charge in [0.2, 0.25) is 0 Å². The molecule has 7 nitrogen and oxygen atoms in total. The molecule has 1 fully saturated rings. The van der Waals surface area contributed by atoms with Crippen molar-refractivity contribution in [2.45, 2.75) is 27.4 Å². The Balaban J connectivity index is 1.67. The normalized spacial score (nSPS) is 14.7. The molecule has 3 aromatic carbocycles. The molecule has 1 aliphatic rings. The summed E-state index contributed by atoms with van der Waals surface area (Å²) >= 11 is 8.37. The maximum atomic E-state index is 13.3. The molecule has 4 rings (SSSR count). The number of carbonyl (C=O) groups excluding carboxylic acids is 3. The van der Waals surface area contributed by atoms with E-state index in [-0.39, 0.29) is 12.2 Å². The summed E-state index contributed by atoms with van der Waals surface area (Å²) in [4.78, 5) is 39.5. The number of nitrogens with zero attached hydrogens (tertiary/aromatic N) is 1. The van der Waals surface area contributed by atoms with Crippen molar-refractivity contribution < 1.29 is 23.9 Å². The molecule has 0 aliphatic carbocycles. The van der Waals surface area contributed by atoms with Crippen molar-refractivity contribution in [1.29, 1.82) is 0 Å². The fourth-order valence-corrected chi connectivity index (χ4v) is 4.73. The topological polar surface area (TPSA) is 84.9 Å². The highest BCUT2D eigenvalue weighted by Gasteiger charge is 2.37. The van der Waals surface area contributed by atoms with Crippen LogP contribution in [0.1, 0.15) is 29.2 Å². The van der Waals surface area contributed by atoms with Gasteiger partial charge in [-0.15, -0.1) is 0 Å². The number of barbiturate groups is 1. The van der Waals surface area contributed by atoms with Gasteiger partial charge < -0.3 is 9.47 Å². The van der Waals surface area contributed by atoms with Gasteiger partial charge in [0.25, 0.3) is 11.8 Å². The number of ether oxygens (including phenoxy) is 2. The minimum atomic E-state index is -0.789. The Morgan fingerprint density at radius 3 is 2.46 bits per heavy atom. The molecular formula is C28H24ClIN2O5. The zero-order valence-electron chi connectivity index (χ0n) is 20.4. The van der Waals surface area contributed by atoms with Crippen molar-refractivity contribution in [1.82, 2.24) is 5.32 Å². The third-order valence-electron chi connectivity index (χ3n) is 5.82. The van der Waals surface area contributed by atoms with E-state index in [0.29, 0.717) is 37.9 Å². The van der Waals surface area contributed by atoms with Crippen LogP contribution in [0, 0.1) is 17.4 Å². The van der Waals surface area contributed by atoms with Gasteiger partial charge in [-0.1, -0.05) is 35.9 Å². The SMILES string of the molecule is CCOc1cc(/C=C2\C(=O)NC(=O)N(c3ccc(C)c(C)c3)C2=O)cc(I)c1OCc1ccccc1Cl. The summed E-state index contributed by atoms with van der Waals surface area (Å²) in [6.45, 7) is 6.29. The zero-order valence-corrected chi connectivity index (χ0v) is 23.3. The van der Waals surface area contributed by atoms with Crippen LogP contribution >= 0.6 is 34.2 Å². The number of urea groups is 1. The third-order valence-corrected chi connectivity index (χ3v) is 6.99. The fraction of sp³-hybridized carbons (Fsp3) is 0.179. The zero-order chi connectivity index (χ0) is 26.7.